The van der Waals surface area contributed by atoms with Crippen molar-refractivity contribution < 1.29 is 19.5 Å². The molecule has 2 atom stereocenters. The van der Waals surface area contributed by atoms with E-state index in [-0.39, 0.29) is 24.8 Å². The summed E-state index contributed by atoms with van der Waals surface area (Å²) in [5.74, 6) is -2.08. The number of carboxylic acid groups (broad SMARTS) is 1. The van der Waals surface area contributed by atoms with Gasteiger partial charge in [0, 0.05) is 19.5 Å². The molecule has 24 heavy (non-hydrogen) atoms. The highest BCUT2D eigenvalue weighted by molar-refractivity contribution is 6.01. The standard InChI is InChI=1S/C17H17N3O4/c18-9-11-4-1-2-5-13(11)20-10-12(8-15(20)21)16(22)19-7-3-6-14(19)17(23)24/h1-2,4-5,12,14H,3,6-8,10H2,(H,23,24). The number of rotatable bonds is 3. The molecule has 2 unspecified atom stereocenters. The van der Waals surface area contributed by atoms with Crippen molar-refractivity contribution in [1.29, 1.82) is 5.26 Å². The Hall–Kier alpha value is -2.88. The van der Waals surface area contributed by atoms with Gasteiger partial charge in [-0.05, 0) is 25.0 Å². The SMILES string of the molecule is N#Cc1ccccc1N1CC(C(=O)N2CCCC2C(=O)O)CC1=O. The van der Waals surface area contributed by atoms with E-state index in [0.717, 1.165) is 0 Å². The lowest BCUT2D eigenvalue weighted by molar-refractivity contribution is -0.149. The molecule has 124 valence electrons. The molecule has 0 aromatic heterocycles. The number of para-hydroxylation sites is 1. The summed E-state index contributed by atoms with van der Waals surface area (Å²) < 4.78 is 0. The molecule has 2 fully saturated rings. The van der Waals surface area contributed by atoms with E-state index < -0.39 is 17.9 Å². The summed E-state index contributed by atoms with van der Waals surface area (Å²) in [7, 11) is 0. The molecule has 7 nitrogen and oxygen atoms in total. The van der Waals surface area contributed by atoms with Crippen molar-refractivity contribution in [1.82, 2.24) is 4.90 Å². The van der Waals surface area contributed by atoms with Gasteiger partial charge >= 0.3 is 5.97 Å². The molecular formula is C17H17N3O4. The molecule has 1 aromatic carbocycles. The lowest BCUT2D eigenvalue weighted by atomic mass is 10.1. The molecule has 2 aliphatic rings. The first-order valence-electron chi connectivity index (χ1n) is 7.85. The second kappa shape index (κ2) is 6.32. The van der Waals surface area contributed by atoms with Crippen LogP contribution in [0.2, 0.25) is 0 Å². The summed E-state index contributed by atoms with van der Waals surface area (Å²) in [4.78, 5) is 39.1. The molecule has 2 aliphatic heterocycles. The molecule has 0 bridgehead atoms. The average Bonchev–Trinajstić information content (AvgIpc) is 3.21. The fraction of sp³-hybridized carbons (Fsp3) is 0.412. The lowest BCUT2D eigenvalue weighted by Crippen LogP contribution is -2.44. The number of benzene rings is 1. The van der Waals surface area contributed by atoms with Gasteiger partial charge in [-0.1, -0.05) is 12.1 Å². The summed E-state index contributed by atoms with van der Waals surface area (Å²) in [5.41, 5.74) is 0.875. The number of amides is 2. The molecule has 0 aliphatic carbocycles. The third-order valence-electron chi connectivity index (χ3n) is 4.61. The van der Waals surface area contributed by atoms with Crippen LogP contribution in [0.5, 0.6) is 0 Å². The van der Waals surface area contributed by atoms with E-state index in [0.29, 0.717) is 30.6 Å². The number of nitriles is 1. The predicted octanol–water partition coefficient (Wildman–Crippen LogP) is 0.987. The number of nitrogens with zero attached hydrogens (tertiary/aromatic N) is 3. The van der Waals surface area contributed by atoms with Crippen LogP contribution in [-0.2, 0) is 14.4 Å². The fourth-order valence-electron chi connectivity index (χ4n) is 3.43. The molecule has 2 heterocycles. The van der Waals surface area contributed by atoms with E-state index in [9.17, 15) is 24.8 Å². The molecule has 3 rings (SSSR count). The van der Waals surface area contributed by atoms with Crippen LogP contribution in [0.3, 0.4) is 0 Å². The average molecular weight is 327 g/mol. The van der Waals surface area contributed by atoms with E-state index in [1.54, 1.807) is 24.3 Å². The summed E-state index contributed by atoms with van der Waals surface area (Å²) in [6.07, 6.45) is 1.15. The van der Waals surface area contributed by atoms with Gasteiger partial charge in [0.05, 0.1) is 17.2 Å². The molecule has 7 heteroatoms. The number of carbonyl (C=O) groups is 3. The van der Waals surface area contributed by atoms with E-state index in [1.165, 1.54) is 9.80 Å². The van der Waals surface area contributed by atoms with Gasteiger partial charge in [0.25, 0.3) is 0 Å². The summed E-state index contributed by atoms with van der Waals surface area (Å²) in [6, 6.07) is 8.00. The number of hydrogen-bond acceptors (Lipinski definition) is 4. The minimum atomic E-state index is -1.00. The highest BCUT2D eigenvalue weighted by Crippen LogP contribution is 2.30. The van der Waals surface area contributed by atoms with Gasteiger partial charge in [-0.3, -0.25) is 9.59 Å². The number of aliphatic carboxylic acids is 1. The number of hydrogen-bond donors (Lipinski definition) is 1. The quantitative estimate of drug-likeness (QED) is 0.892. The zero-order valence-corrected chi connectivity index (χ0v) is 13.0. The summed E-state index contributed by atoms with van der Waals surface area (Å²) in [5, 5.41) is 18.4. The Labute approximate surface area is 139 Å². The molecular weight excluding hydrogens is 310 g/mol. The Morgan fingerprint density at radius 1 is 1.29 bits per heavy atom. The zero-order valence-electron chi connectivity index (χ0n) is 13.0. The van der Waals surface area contributed by atoms with E-state index >= 15 is 0 Å². The minimum Gasteiger partial charge on any atom is -0.480 e. The molecule has 0 saturated carbocycles. The first-order chi connectivity index (χ1) is 11.5. The second-order valence-corrected chi connectivity index (χ2v) is 6.06. The molecule has 2 amide bonds. The first kappa shape index (κ1) is 16.0. The van der Waals surface area contributed by atoms with Crippen LogP contribution in [0.1, 0.15) is 24.8 Å². The van der Waals surface area contributed by atoms with E-state index in [2.05, 4.69) is 0 Å². The Morgan fingerprint density at radius 3 is 2.75 bits per heavy atom. The van der Waals surface area contributed by atoms with E-state index in [4.69, 9.17) is 0 Å². The Kier molecular flexibility index (Phi) is 4.21. The van der Waals surface area contributed by atoms with Gasteiger partial charge in [0.15, 0.2) is 0 Å². The van der Waals surface area contributed by atoms with Crippen molar-refractivity contribution in [3.8, 4) is 6.07 Å². The Bertz CT molecular complexity index is 740. The highest BCUT2D eigenvalue weighted by Gasteiger charge is 2.42. The number of carboxylic acids is 1. The van der Waals surface area contributed by atoms with Crippen LogP contribution >= 0.6 is 0 Å². The van der Waals surface area contributed by atoms with Crippen LogP contribution in [0.15, 0.2) is 24.3 Å². The number of carbonyl (C=O) groups excluding carboxylic acids is 2. The fourth-order valence-corrected chi connectivity index (χ4v) is 3.43. The smallest absolute Gasteiger partial charge is 0.326 e. The lowest BCUT2D eigenvalue weighted by Gasteiger charge is -2.24. The van der Waals surface area contributed by atoms with Crippen molar-refractivity contribution in [2.75, 3.05) is 18.0 Å². The van der Waals surface area contributed by atoms with Gasteiger partial charge in [-0.15, -0.1) is 0 Å². The van der Waals surface area contributed by atoms with Crippen LogP contribution < -0.4 is 4.90 Å². The Morgan fingerprint density at radius 2 is 2.04 bits per heavy atom. The van der Waals surface area contributed by atoms with Crippen LogP contribution in [-0.4, -0.2) is 46.9 Å². The van der Waals surface area contributed by atoms with Crippen LogP contribution in [0, 0.1) is 17.2 Å². The molecule has 1 N–H and O–H groups in total. The molecule has 0 radical (unpaired) electrons. The largest absolute Gasteiger partial charge is 0.480 e. The maximum absolute atomic E-state index is 12.7. The predicted molar refractivity (Wildman–Crippen MR) is 84.0 cm³/mol. The first-order valence-corrected chi connectivity index (χ1v) is 7.85. The van der Waals surface area contributed by atoms with Crippen molar-refractivity contribution >= 4 is 23.5 Å². The second-order valence-electron chi connectivity index (χ2n) is 6.06. The third-order valence-corrected chi connectivity index (χ3v) is 4.61. The third kappa shape index (κ3) is 2.71. The van der Waals surface area contributed by atoms with Gasteiger partial charge in [-0.2, -0.15) is 5.26 Å². The Balaban J connectivity index is 1.79. The van der Waals surface area contributed by atoms with Crippen LogP contribution in [0.25, 0.3) is 0 Å². The van der Waals surface area contributed by atoms with Crippen molar-refractivity contribution in [3.63, 3.8) is 0 Å². The van der Waals surface area contributed by atoms with Crippen LogP contribution in [0.4, 0.5) is 5.69 Å². The maximum atomic E-state index is 12.7. The molecule has 0 spiro atoms. The van der Waals surface area contributed by atoms with Crippen molar-refractivity contribution in [3.05, 3.63) is 29.8 Å². The van der Waals surface area contributed by atoms with Crippen molar-refractivity contribution in [2.24, 2.45) is 5.92 Å². The minimum absolute atomic E-state index is 0.0431. The molecule has 1 aromatic rings. The van der Waals surface area contributed by atoms with Gasteiger partial charge < -0.3 is 14.9 Å². The highest BCUT2D eigenvalue weighted by atomic mass is 16.4. The molecule has 2 saturated heterocycles. The van der Waals surface area contributed by atoms with E-state index in [1.807, 2.05) is 6.07 Å². The zero-order chi connectivity index (χ0) is 17.3. The number of likely N-dealkylation sites (tertiary alicyclic amines) is 1. The normalized spacial score (nSPS) is 23.4. The van der Waals surface area contributed by atoms with Gasteiger partial charge in [-0.25, -0.2) is 4.79 Å². The topological polar surface area (TPSA) is 102 Å². The summed E-state index contributed by atoms with van der Waals surface area (Å²) >= 11 is 0. The van der Waals surface area contributed by atoms with Gasteiger partial charge in [0.1, 0.15) is 12.1 Å². The monoisotopic (exact) mass is 327 g/mol. The number of anilines is 1. The van der Waals surface area contributed by atoms with Gasteiger partial charge in [0.2, 0.25) is 11.8 Å². The summed E-state index contributed by atoms with van der Waals surface area (Å²) in [6.45, 7) is 0.592. The van der Waals surface area contributed by atoms with Crippen molar-refractivity contribution in [2.45, 2.75) is 25.3 Å². The maximum Gasteiger partial charge on any atom is 0.326 e.